The number of halogens is 1. The third-order valence-corrected chi connectivity index (χ3v) is 6.20. The summed E-state index contributed by atoms with van der Waals surface area (Å²) < 4.78 is 13.7. The Morgan fingerprint density at radius 1 is 1.19 bits per heavy atom. The predicted octanol–water partition coefficient (Wildman–Crippen LogP) is 3.73. The number of nitrogens with zero attached hydrogens (tertiary/aromatic N) is 4. The normalized spacial score (nSPS) is 13.4. The molecule has 1 fully saturated rings. The van der Waals surface area contributed by atoms with Crippen molar-refractivity contribution >= 4 is 45.7 Å². The van der Waals surface area contributed by atoms with Gasteiger partial charge in [-0.3, -0.25) is 14.5 Å². The molecule has 0 unspecified atom stereocenters. The van der Waals surface area contributed by atoms with Crippen LogP contribution in [0.1, 0.15) is 33.1 Å². The maximum atomic E-state index is 13.1. The molecular weight excluding hydrogens is 387 g/mol. The summed E-state index contributed by atoms with van der Waals surface area (Å²) in [7, 11) is 0. The van der Waals surface area contributed by atoms with Gasteiger partial charge in [-0.1, -0.05) is 30.0 Å². The van der Waals surface area contributed by atoms with E-state index in [1.54, 1.807) is 21.9 Å². The van der Waals surface area contributed by atoms with E-state index in [1.807, 2.05) is 13.8 Å². The minimum Gasteiger partial charge on any atom is -0.312 e. The molecular formula is C18H21FN4O2S2. The number of hydrogen-bond acceptors (Lipinski definition) is 6. The Hall–Kier alpha value is -2.00. The van der Waals surface area contributed by atoms with Crippen molar-refractivity contribution in [2.45, 2.75) is 43.5 Å². The summed E-state index contributed by atoms with van der Waals surface area (Å²) in [6.07, 6.45) is 2.42. The topological polar surface area (TPSA) is 66.4 Å². The van der Waals surface area contributed by atoms with Crippen molar-refractivity contribution in [3.63, 3.8) is 0 Å². The highest BCUT2D eigenvalue weighted by molar-refractivity contribution is 8.01. The first-order valence-electron chi connectivity index (χ1n) is 8.87. The van der Waals surface area contributed by atoms with Crippen LogP contribution in [-0.2, 0) is 9.59 Å². The molecule has 1 aromatic heterocycles. The minimum absolute atomic E-state index is 0.0507. The molecule has 144 valence electrons. The molecule has 0 spiro atoms. The van der Waals surface area contributed by atoms with E-state index in [9.17, 15) is 14.0 Å². The van der Waals surface area contributed by atoms with Gasteiger partial charge in [0.2, 0.25) is 16.9 Å². The standard InChI is InChI=1S/C18H21FN4O2S2/c1-3-15(24)23(14-9-10-14)17-20-21-18(27-17)26-11-16(25)22(4-2)13-7-5-12(19)6-8-13/h5-8,14H,3-4,9-11H2,1-2H3. The van der Waals surface area contributed by atoms with Crippen LogP contribution in [0.3, 0.4) is 0 Å². The number of hydrogen-bond donors (Lipinski definition) is 0. The van der Waals surface area contributed by atoms with Gasteiger partial charge in [-0.05, 0) is 44.0 Å². The molecule has 0 atom stereocenters. The molecule has 27 heavy (non-hydrogen) atoms. The van der Waals surface area contributed by atoms with E-state index in [1.165, 1.54) is 35.2 Å². The summed E-state index contributed by atoms with van der Waals surface area (Å²) in [4.78, 5) is 28.0. The second-order valence-electron chi connectivity index (χ2n) is 6.10. The van der Waals surface area contributed by atoms with Crippen molar-refractivity contribution in [2.24, 2.45) is 0 Å². The lowest BCUT2D eigenvalue weighted by atomic mass is 10.3. The number of anilines is 2. The van der Waals surface area contributed by atoms with Gasteiger partial charge in [-0.2, -0.15) is 0 Å². The van der Waals surface area contributed by atoms with Crippen LogP contribution in [0.4, 0.5) is 15.2 Å². The van der Waals surface area contributed by atoms with Gasteiger partial charge in [0, 0.05) is 24.7 Å². The highest BCUT2D eigenvalue weighted by Crippen LogP contribution is 2.36. The molecule has 1 aliphatic carbocycles. The second kappa shape index (κ2) is 8.79. The molecule has 2 aromatic rings. The lowest BCUT2D eigenvalue weighted by Gasteiger charge is -2.20. The number of thioether (sulfide) groups is 1. The monoisotopic (exact) mass is 408 g/mol. The molecule has 0 bridgehead atoms. The Morgan fingerprint density at radius 3 is 2.48 bits per heavy atom. The first-order valence-corrected chi connectivity index (χ1v) is 10.7. The van der Waals surface area contributed by atoms with Gasteiger partial charge in [-0.25, -0.2) is 4.39 Å². The molecule has 0 aliphatic heterocycles. The fourth-order valence-electron chi connectivity index (χ4n) is 2.65. The van der Waals surface area contributed by atoms with Crippen LogP contribution < -0.4 is 9.80 Å². The fourth-order valence-corrected chi connectivity index (χ4v) is 4.46. The number of carbonyl (C=O) groups is 2. The van der Waals surface area contributed by atoms with Crippen molar-refractivity contribution < 1.29 is 14.0 Å². The lowest BCUT2D eigenvalue weighted by molar-refractivity contribution is -0.118. The lowest BCUT2D eigenvalue weighted by Crippen LogP contribution is -2.32. The van der Waals surface area contributed by atoms with Crippen LogP contribution in [-0.4, -0.2) is 40.4 Å². The smallest absolute Gasteiger partial charge is 0.237 e. The van der Waals surface area contributed by atoms with E-state index in [0.29, 0.717) is 28.1 Å². The van der Waals surface area contributed by atoms with Crippen LogP contribution >= 0.6 is 23.1 Å². The van der Waals surface area contributed by atoms with E-state index in [4.69, 9.17) is 0 Å². The molecule has 0 saturated heterocycles. The van der Waals surface area contributed by atoms with Crippen molar-refractivity contribution in [2.75, 3.05) is 22.1 Å². The van der Waals surface area contributed by atoms with Crippen LogP contribution in [0.2, 0.25) is 0 Å². The summed E-state index contributed by atoms with van der Waals surface area (Å²) in [5.41, 5.74) is 0.663. The van der Waals surface area contributed by atoms with Gasteiger partial charge in [0.25, 0.3) is 0 Å². The number of rotatable bonds is 8. The Morgan fingerprint density at radius 2 is 1.89 bits per heavy atom. The van der Waals surface area contributed by atoms with Crippen molar-refractivity contribution in [1.29, 1.82) is 0 Å². The van der Waals surface area contributed by atoms with Crippen LogP contribution in [0, 0.1) is 5.82 Å². The fraction of sp³-hybridized carbons (Fsp3) is 0.444. The maximum Gasteiger partial charge on any atom is 0.237 e. The molecule has 6 nitrogen and oxygen atoms in total. The second-order valence-corrected chi connectivity index (χ2v) is 8.28. The van der Waals surface area contributed by atoms with Crippen molar-refractivity contribution in [3.8, 4) is 0 Å². The average Bonchev–Trinajstić information content (AvgIpc) is 3.39. The van der Waals surface area contributed by atoms with Gasteiger partial charge >= 0.3 is 0 Å². The number of carbonyl (C=O) groups excluding carboxylic acids is 2. The van der Waals surface area contributed by atoms with Crippen molar-refractivity contribution in [1.82, 2.24) is 10.2 Å². The van der Waals surface area contributed by atoms with Gasteiger partial charge in [-0.15, -0.1) is 10.2 Å². The molecule has 1 saturated carbocycles. The quantitative estimate of drug-likeness (QED) is 0.492. The van der Waals surface area contributed by atoms with E-state index in [2.05, 4.69) is 10.2 Å². The largest absolute Gasteiger partial charge is 0.312 e. The van der Waals surface area contributed by atoms with Crippen molar-refractivity contribution in [3.05, 3.63) is 30.1 Å². The number of aromatic nitrogens is 2. The highest BCUT2D eigenvalue weighted by Gasteiger charge is 2.35. The third-order valence-electron chi connectivity index (χ3n) is 4.16. The number of amides is 2. The maximum absolute atomic E-state index is 13.1. The van der Waals surface area contributed by atoms with E-state index in [0.717, 1.165) is 12.8 Å². The molecule has 1 heterocycles. The van der Waals surface area contributed by atoms with Gasteiger partial charge in [0.15, 0.2) is 4.34 Å². The van der Waals surface area contributed by atoms with Gasteiger partial charge in [0.05, 0.1) is 5.75 Å². The zero-order chi connectivity index (χ0) is 19.4. The summed E-state index contributed by atoms with van der Waals surface area (Å²) in [5.74, 6) is -0.172. The molecule has 3 rings (SSSR count). The van der Waals surface area contributed by atoms with E-state index >= 15 is 0 Å². The van der Waals surface area contributed by atoms with Crippen LogP contribution in [0.25, 0.3) is 0 Å². The highest BCUT2D eigenvalue weighted by atomic mass is 32.2. The van der Waals surface area contributed by atoms with E-state index in [-0.39, 0.29) is 29.4 Å². The Labute approximate surface area is 165 Å². The summed E-state index contributed by atoms with van der Waals surface area (Å²) in [5, 5.41) is 8.87. The van der Waals surface area contributed by atoms with E-state index < -0.39 is 0 Å². The number of benzene rings is 1. The van der Waals surface area contributed by atoms with Gasteiger partial charge in [0.1, 0.15) is 5.82 Å². The predicted molar refractivity (Wildman–Crippen MR) is 106 cm³/mol. The summed E-state index contributed by atoms with van der Waals surface area (Å²) in [6.45, 7) is 4.20. The molecule has 1 aliphatic rings. The molecule has 0 N–H and O–H groups in total. The first-order chi connectivity index (χ1) is 13.0. The Kier molecular flexibility index (Phi) is 6.43. The Balaban J connectivity index is 1.62. The summed E-state index contributed by atoms with van der Waals surface area (Å²) >= 11 is 2.64. The first kappa shape index (κ1) is 19.8. The van der Waals surface area contributed by atoms with Gasteiger partial charge < -0.3 is 4.90 Å². The molecule has 9 heteroatoms. The zero-order valence-electron chi connectivity index (χ0n) is 15.2. The Bertz CT molecular complexity index is 808. The molecule has 0 radical (unpaired) electrons. The average molecular weight is 409 g/mol. The zero-order valence-corrected chi connectivity index (χ0v) is 16.9. The minimum atomic E-state index is -0.333. The molecule has 1 aromatic carbocycles. The van der Waals surface area contributed by atoms with Crippen LogP contribution in [0.5, 0.6) is 0 Å². The summed E-state index contributed by atoms with van der Waals surface area (Å²) in [6, 6.07) is 6.10. The molecule has 2 amide bonds. The third kappa shape index (κ3) is 4.84. The SMILES string of the molecule is CCC(=O)N(c1nnc(SCC(=O)N(CC)c2ccc(F)cc2)s1)C1CC1. The van der Waals surface area contributed by atoms with Crippen LogP contribution in [0.15, 0.2) is 28.6 Å².